The molecule has 0 aliphatic carbocycles. The molecule has 0 bridgehead atoms. The van der Waals surface area contributed by atoms with Crippen LogP contribution < -0.4 is 5.32 Å². The monoisotopic (exact) mass is 405 g/mol. The van der Waals surface area contributed by atoms with Crippen molar-refractivity contribution in [1.82, 2.24) is 15.2 Å². The van der Waals surface area contributed by atoms with Gasteiger partial charge in [-0.3, -0.25) is 9.88 Å². The van der Waals surface area contributed by atoms with E-state index in [-0.39, 0.29) is 12.4 Å². The van der Waals surface area contributed by atoms with Crippen LogP contribution in [0.5, 0.6) is 0 Å². The van der Waals surface area contributed by atoms with Crippen LogP contribution in [0.4, 0.5) is 0 Å². The Morgan fingerprint density at radius 3 is 2.79 bits per heavy atom. The summed E-state index contributed by atoms with van der Waals surface area (Å²) >= 11 is 14.0. The van der Waals surface area contributed by atoms with Crippen molar-refractivity contribution in [3.63, 3.8) is 0 Å². The van der Waals surface area contributed by atoms with Crippen LogP contribution in [0, 0.1) is 0 Å². The molecule has 1 aliphatic rings. The van der Waals surface area contributed by atoms with Gasteiger partial charge in [0.25, 0.3) is 0 Å². The van der Waals surface area contributed by atoms with Gasteiger partial charge in [-0.25, -0.2) is 0 Å². The molecule has 132 valence electrons. The highest BCUT2D eigenvalue weighted by molar-refractivity contribution is 7.15. The Hall–Kier alpha value is -0.360. The summed E-state index contributed by atoms with van der Waals surface area (Å²) in [6, 6.07) is 6.63. The Labute approximate surface area is 163 Å². The van der Waals surface area contributed by atoms with E-state index < -0.39 is 0 Å². The Bertz CT molecular complexity index is 613. The number of thiophene rings is 1. The van der Waals surface area contributed by atoms with E-state index in [2.05, 4.69) is 26.6 Å². The first-order valence-corrected chi connectivity index (χ1v) is 9.63. The number of halogens is 3. The lowest BCUT2D eigenvalue weighted by Crippen LogP contribution is -2.35. The number of pyridine rings is 1. The maximum absolute atomic E-state index is 6.35. The van der Waals surface area contributed by atoms with Crippen LogP contribution in [-0.4, -0.2) is 29.0 Å². The van der Waals surface area contributed by atoms with Gasteiger partial charge < -0.3 is 5.32 Å². The molecule has 3 heterocycles. The minimum absolute atomic E-state index is 0. The van der Waals surface area contributed by atoms with Crippen molar-refractivity contribution >= 4 is 46.9 Å². The second-order valence-corrected chi connectivity index (χ2v) is 7.77. The molecule has 2 aromatic rings. The molecule has 0 radical (unpaired) electrons. The summed E-state index contributed by atoms with van der Waals surface area (Å²) in [6.45, 7) is 3.85. The standard InChI is InChI=1S/C17H21Cl2N3S.ClH/c18-16-13(12-23-17(16)19)10-22(11-14-4-1-2-8-21-14)15-5-3-7-20-9-6-15;/h1-2,4,8,12,15,20H,3,5-7,9-11H2;1H. The number of aromatic nitrogens is 1. The first-order valence-electron chi connectivity index (χ1n) is 8.00. The summed E-state index contributed by atoms with van der Waals surface area (Å²) in [5.41, 5.74) is 2.22. The Kier molecular flexibility index (Phi) is 8.28. The topological polar surface area (TPSA) is 28.2 Å². The van der Waals surface area contributed by atoms with Crippen molar-refractivity contribution in [3.05, 3.63) is 50.4 Å². The molecule has 1 N–H and O–H groups in total. The number of nitrogens with zero attached hydrogens (tertiary/aromatic N) is 2. The lowest BCUT2D eigenvalue weighted by atomic mass is 10.1. The summed E-state index contributed by atoms with van der Waals surface area (Å²) in [6.07, 6.45) is 5.43. The molecule has 1 unspecified atom stereocenters. The van der Waals surface area contributed by atoms with Crippen molar-refractivity contribution in [2.75, 3.05) is 13.1 Å². The second-order valence-electron chi connectivity index (χ2n) is 5.91. The second kappa shape index (κ2) is 9.95. The Morgan fingerprint density at radius 1 is 1.21 bits per heavy atom. The fourth-order valence-corrected chi connectivity index (χ4v) is 4.30. The molecule has 0 spiro atoms. The maximum atomic E-state index is 6.35. The number of nitrogens with one attached hydrogen (secondary N) is 1. The third kappa shape index (κ3) is 5.32. The van der Waals surface area contributed by atoms with Gasteiger partial charge in [-0.15, -0.1) is 23.7 Å². The fourth-order valence-electron chi connectivity index (χ4n) is 3.06. The van der Waals surface area contributed by atoms with E-state index in [0.717, 1.165) is 43.9 Å². The summed E-state index contributed by atoms with van der Waals surface area (Å²) in [5, 5.41) is 6.27. The van der Waals surface area contributed by atoms with E-state index >= 15 is 0 Å². The van der Waals surface area contributed by atoms with Gasteiger partial charge >= 0.3 is 0 Å². The molecular formula is C17H22Cl3N3S. The van der Waals surface area contributed by atoms with E-state index in [4.69, 9.17) is 23.2 Å². The van der Waals surface area contributed by atoms with Gasteiger partial charge in [-0.1, -0.05) is 29.3 Å². The molecule has 2 aromatic heterocycles. The zero-order valence-corrected chi connectivity index (χ0v) is 16.5. The molecule has 3 nitrogen and oxygen atoms in total. The highest BCUT2D eigenvalue weighted by Crippen LogP contribution is 2.34. The van der Waals surface area contributed by atoms with E-state index in [1.54, 1.807) is 0 Å². The van der Waals surface area contributed by atoms with Gasteiger partial charge in [-0.2, -0.15) is 0 Å². The smallest absolute Gasteiger partial charge is 0.112 e. The van der Waals surface area contributed by atoms with Crippen LogP contribution in [-0.2, 0) is 13.1 Å². The summed E-state index contributed by atoms with van der Waals surface area (Å²) in [4.78, 5) is 6.99. The molecule has 3 rings (SSSR count). The van der Waals surface area contributed by atoms with Crippen molar-refractivity contribution in [3.8, 4) is 0 Å². The minimum Gasteiger partial charge on any atom is -0.317 e. The van der Waals surface area contributed by atoms with Crippen LogP contribution in [0.3, 0.4) is 0 Å². The highest BCUT2D eigenvalue weighted by Gasteiger charge is 2.22. The molecule has 1 atom stereocenters. The van der Waals surface area contributed by atoms with Gasteiger partial charge in [-0.05, 0) is 55.4 Å². The van der Waals surface area contributed by atoms with Crippen LogP contribution in [0.1, 0.15) is 30.5 Å². The third-order valence-electron chi connectivity index (χ3n) is 4.29. The lowest BCUT2D eigenvalue weighted by Gasteiger charge is -2.30. The van der Waals surface area contributed by atoms with E-state index in [1.807, 2.05) is 18.3 Å². The summed E-state index contributed by atoms with van der Waals surface area (Å²) in [7, 11) is 0. The van der Waals surface area contributed by atoms with E-state index in [0.29, 0.717) is 15.4 Å². The van der Waals surface area contributed by atoms with Crippen molar-refractivity contribution in [2.45, 2.75) is 38.4 Å². The zero-order valence-electron chi connectivity index (χ0n) is 13.4. The minimum atomic E-state index is 0. The number of hydrogen-bond donors (Lipinski definition) is 1. The average molecular weight is 407 g/mol. The van der Waals surface area contributed by atoms with Crippen molar-refractivity contribution in [1.29, 1.82) is 0 Å². The highest BCUT2D eigenvalue weighted by atomic mass is 35.5. The fraction of sp³-hybridized carbons (Fsp3) is 0.471. The molecule has 1 fully saturated rings. The lowest BCUT2D eigenvalue weighted by molar-refractivity contribution is 0.162. The average Bonchev–Trinajstić information content (AvgIpc) is 2.79. The summed E-state index contributed by atoms with van der Waals surface area (Å²) < 4.78 is 0.682. The van der Waals surface area contributed by atoms with Crippen LogP contribution in [0.2, 0.25) is 9.36 Å². The van der Waals surface area contributed by atoms with Gasteiger partial charge in [0.15, 0.2) is 0 Å². The van der Waals surface area contributed by atoms with E-state index in [9.17, 15) is 0 Å². The third-order valence-corrected chi connectivity index (χ3v) is 6.20. The first kappa shape index (κ1) is 20.0. The molecule has 1 saturated heterocycles. The quantitative estimate of drug-likeness (QED) is 0.756. The van der Waals surface area contributed by atoms with Crippen LogP contribution >= 0.6 is 46.9 Å². The van der Waals surface area contributed by atoms with Crippen LogP contribution in [0.25, 0.3) is 0 Å². The number of hydrogen-bond acceptors (Lipinski definition) is 4. The predicted octanol–water partition coefficient (Wildman–Crippen LogP) is 5.02. The molecular weight excluding hydrogens is 385 g/mol. The zero-order chi connectivity index (χ0) is 16.1. The SMILES string of the molecule is Cl.Clc1scc(CN(Cc2ccccn2)C2CCCNCC2)c1Cl. The van der Waals surface area contributed by atoms with Gasteiger partial charge in [0.1, 0.15) is 4.34 Å². The van der Waals surface area contributed by atoms with Crippen molar-refractivity contribution < 1.29 is 0 Å². The van der Waals surface area contributed by atoms with Gasteiger partial charge in [0.05, 0.1) is 10.7 Å². The molecule has 0 amide bonds. The molecule has 1 aliphatic heterocycles. The molecule has 0 saturated carbocycles. The van der Waals surface area contributed by atoms with Crippen LogP contribution in [0.15, 0.2) is 29.8 Å². The molecule has 7 heteroatoms. The largest absolute Gasteiger partial charge is 0.317 e. The normalized spacial score (nSPS) is 18.2. The number of rotatable bonds is 5. The van der Waals surface area contributed by atoms with E-state index in [1.165, 1.54) is 24.2 Å². The first-order chi connectivity index (χ1) is 11.2. The Morgan fingerprint density at radius 2 is 2.08 bits per heavy atom. The predicted molar refractivity (Wildman–Crippen MR) is 106 cm³/mol. The Balaban J connectivity index is 0.00000208. The van der Waals surface area contributed by atoms with Gasteiger partial charge in [0.2, 0.25) is 0 Å². The molecule has 24 heavy (non-hydrogen) atoms. The van der Waals surface area contributed by atoms with Crippen molar-refractivity contribution in [2.24, 2.45) is 0 Å². The molecule has 0 aromatic carbocycles. The maximum Gasteiger partial charge on any atom is 0.112 e. The van der Waals surface area contributed by atoms with Gasteiger partial charge in [0, 0.05) is 25.3 Å². The summed E-state index contributed by atoms with van der Waals surface area (Å²) in [5.74, 6) is 0.